The van der Waals surface area contributed by atoms with Crippen molar-refractivity contribution < 1.29 is 19.1 Å². The van der Waals surface area contributed by atoms with Crippen molar-refractivity contribution in [2.45, 2.75) is 0 Å². The third-order valence-electron chi connectivity index (χ3n) is 3.58. The summed E-state index contributed by atoms with van der Waals surface area (Å²) in [6.45, 7) is 0. The van der Waals surface area contributed by atoms with Gasteiger partial charge in [0.25, 0.3) is 5.56 Å². The smallest absolute Gasteiger partial charge is 0.268 e. The Bertz CT molecular complexity index is 1090. The largest absolute Gasteiger partial charge is 0.504 e. The number of thiazole rings is 1. The summed E-state index contributed by atoms with van der Waals surface area (Å²) in [5.41, 5.74) is 0.494. The van der Waals surface area contributed by atoms with E-state index >= 15 is 0 Å². The van der Waals surface area contributed by atoms with Crippen LogP contribution >= 0.6 is 11.3 Å². The van der Waals surface area contributed by atoms with E-state index in [9.17, 15) is 14.7 Å². The Kier molecular flexibility index (Phi) is 4.58. The quantitative estimate of drug-likeness (QED) is 0.711. The van der Waals surface area contributed by atoms with Crippen LogP contribution < -0.4 is 19.5 Å². The highest BCUT2D eigenvalue weighted by atomic mass is 32.1. The number of Topliss-reactive ketones (excluding diaryl/α,β-unsaturated/α-hetero) is 1. The summed E-state index contributed by atoms with van der Waals surface area (Å²) in [4.78, 5) is 24.5. The van der Waals surface area contributed by atoms with E-state index in [2.05, 4.69) is 0 Å². The molecule has 0 saturated heterocycles. The van der Waals surface area contributed by atoms with E-state index in [-0.39, 0.29) is 22.9 Å². The number of aromatic nitrogens is 1. The van der Waals surface area contributed by atoms with Crippen LogP contribution in [-0.2, 0) is 7.05 Å². The van der Waals surface area contributed by atoms with Gasteiger partial charge in [-0.1, -0.05) is 6.07 Å². The lowest BCUT2D eigenvalue weighted by atomic mass is 10.2. The zero-order valence-corrected chi connectivity index (χ0v) is 14.4. The molecule has 0 amide bonds. The van der Waals surface area contributed by atoms with Gasteiger partial charge in [0.05, 0.1) is 17.9 Å². The van der Waals surface area contributed by atoms with Crippen molar-refractivity contribution in [2.24, 2.45) is 7.05 Å². The van der Waals surface area contributed by atoms with Gasteiger partial charge in [0.2, 0.25) is 5.78 Å². The Morgan fingerprint density at radius 3 is 2.84 bits per heavy atom. The summed E-state index contributed by atoms with van der Waals surface area (Å²) in [6, 6.07) is 8.00. The third-order valence-corrected chi connectivity index (χ3v) is 4.69. The van der Waals surface area contributed by atoms with Crippen LogP contribution in [0.25, 0.3) is 12.2 Å². The van der Waals surface area contributed by atoms with Crippen molar-refractivity contribution in [1.29, 1.82) is 0 Å². The molecule has 2 aromatic heterocycles. The molecule has 0 aliphatic heterocycles. The standard InChI is InChI=1S/C18H15NO5S/c1-19-17(10-13(21)14-4-3-7-24-14)25-16(18(19)22)9-11-5-6-12(20)15(8-11)23-2/h3-10,20H,1-2H3/b16-9+,17-10-. The number of benzene rings is 1. The summed E-state index contributed by atoms with van der Waals surface area (Å²) >= 11 is 1.20. The van der Waals surface area contributed by atoms with Gasteiger partial charge in [-0.25, -0.2) is 0 Å². The minimum Gasteiger partial charge on any atom is -0.504 e. The van der Waals surface area contributed by atoms with Crippen molar-refractivity contribution in [3.05, 3.63) is 67.5 Å². The molecule has 0 spiro atoms. The number of ketones is 1. The normalized spacial score (nSPS) is 12.6. The van der Waals surface area contributed by atoms with Crippen LogP contribution in [0.3, 0.4) is 0 Å². The maximum Gasteiger partial charge on any atom is 0.268 e. The summed E-state index contributed by atoms with van der Waals surface area (Å²) in [5.74, 6) is 0.257. The van der Waals surface area contributed by atoms with Gasteiger partial charge >= 0.3 is 0 Å². The molecule has 7 heteroatoms. The highest BCUT2D eigenvalue weighted by Gasteiger charge is 2.08. The molecule has 6 nitrogen and oxygen atoms in total. The van der Waals surface area contributed by atoms with Gasteiger partial charge in [0.1, 0.15) is 4.66 Å². The van der Waals surface area contributed by atoms with E-state index in [1.54, 1.807) is 37.4 Å². The predicted molar refractivity (Wildman–Crippen MR) is 94.5 cm³/mol. The molecule has 0 unspecified atom stereocenters. The number of phenolic OH excluding ortho intramolecular Hbond substituents is 1. The lowest BCUT2D eigenvalue weighted by molar-refractivity contribution is 0.103. The van der Waals surface area contributed by atoms with E-state index in [1.165, 1.54) is 41.4 Å². The molecule has 0 radical (unpaired) electrons. The van der Waals surface area contributed by atoms with Crippen molar-refractivity contribution in [2.75, 3.05) is 7.11 Å². The number of rotatable bonds is 4. The molecule has 0 aliphatic carbocycles. The van der Waals surface area contributed by atoms with Gasteiger partial charge in [0, 0.05) is 13.1 Å². The van der Waals surface area contributed by atoms with Gasteiger partial charge in [-0.2, -0.15) is 0 Å². The third kappa shape index (κ3) is 3.41. The number of hydrogen-bond acceptors (Lipinski definition) is 6. The fraction of sp³-hybridized carbons (Fsp3) is 0.111. The molecule has 0 bridgehead atoms. The summed E-state index contributed by atoms with van der Waals surface area (Å²) in [7, 11) is 3.06. The van der Waals surface area contributed by atoms with Crippen LogP contribution in [0.4, 0.5) is 0 Å². The Hall–Kier alpha value is -3.06. The van der Waals surface area contributed by atoms with Gasteiger partial charge in [0.15, 0.2) is 17.3 Å². The molecule has 0 aliphatic rings. The number of phenols is 1. The summed E-state index contributed by atoms with van der Waals surface area (Å²) < 4.78 is 12.5. The summed E-state index contributed by atoms with van der Waals surface area (Å²) in [5, 5.41) is 9.64. The van der Waals surface area contributed by atoms with E-state index in [4.69, 9.17) is 9.15 Å². The predicted octanol–water partition coefficient (Wildman–Crippen LogP) is 1.25. The van der Waals surface area contributed by atoms with Crippen LogP contribution in [-0.4, -0.2) is 22.6 Å². The van der Waals surface area contributed by atoms with Crippen LogP contribution in [0, 0.1) is 0 Å². The van der Waals surface area contributed by atoms with Crippen molar-refractivity contribution in [3.8, 4) is 11.5 Å². The van der Waals surface area contributed by atoms with Gasteiger partial charge in [-0.05, 0) is 35.9 Å². The van der Waals surface area contributed by atoms with Gasteiger partial charge < -0.3 is 18.8 Å². The molecule has 128 valence electrons. The van der Waals surface area contributed by atoms with Crippen LogP contribution in [0.1, 0.15) is 16.1 Å². The Labute approximate surface area is 146 Å². The minimum absolute atomic E-state index is 0.0248. The molecule has 0 saturated carbocycles. The van der Waals surface area contributed by atoms with E-state index < -0.39 is 0 Å². The average Bonchev–Trinajstić information content (AvgIpc) is 3.22. The first-order valence-electron chi connectivity index (χ1n) is 7.33. The first-order valence-corrected chi connectivity index (χ1v) is 8.15. The topological polar surface area (TPSA) is 81.7 Å². The number of carbonyl (C=O) groups is 1. The maximum absolute atomic E-state index is 12.4. The van der Waals surface area contributed by atoms with Crippen LogP contribution in [0.15, 0.2) is 45.8 Å². The second-order valence-corrected chi connectivity index (χ2v) is 6.29. The average molecular weight is 357 g/mol. The Morgan fingerprint density at radius 2 is 2.16 bits per heavy atom. The highest BCUT2D eigenvalue weighted by molar-refractivity contribution is 7.07. The second-order valence-electron chi connectivity index (χ2n) is 5.23. The number of methoxy groups -OCH3 is 1. The maximum atomic E-state index is 12.4. The second kappa shape index (κ2) is 6.82. The molecular weight excluding hydrogens is 342 g/mol. The van der Waals surface area contributed by atoms with Gasteiger partial charge in [-0.3, -0.25) is 9.59 Å². The van der Waals surface area contributed by atoms with E-state index in [0.29, 0.717) is 20.5 Å². The number of nitrogens with zero attached hydrogens (tertiary/aromatic N) is 1. The number of furan rings is 1. The van der Waals surface area contributed by atoms with Crippen LogP contribution in [0.2, 0.25) is 0 Å². The minimum atomic E-state index is -0.306. The van der Waals surface area contributed by atoms with Gasteiger partial charge in [-0.15, -0.1) is 11.3 Å². The number of carbonyl (C=O) groups excluding carboxylic acids is 1. The molecule has 0 atom stereocenters. The first-order chi connectivity index (χ1) is 12.0. The molecular formula is C18H15NO5S. The molecule has 0 fully saturated rings. The Morgan fingerprint density at radius 1 is 1.36 bits per heavy atom. The zero-order valence-electron chi connectivity index (χ0n) is 13.6. The Balaban J connectivity index is 2.08. The molecule has 25 heavy (non-hydrogen) atoms. The SMILES string of the molecule is COc1cc(/C=c2/s/c(=C\C(=O)c3ccco3)n(C)c2=O)ccc1O. The fourth-order valence-electron chi connectivity index (χ4n) is 2.25. The summed E-state index contributed by atoms with van der Waals surface area (Å²) in [6.07, 6.45) is 4.48. The molecule has 3 rings (SSSR count). The zero-order chi connectivity index (χ0) is 18.0. The molecule has 1 N–H and O–H groups in total. The number of aromatic hydroxyl groups is 1. The first kappa shape index (κ1) is 16.8. The van der Waals surface area contributed by atoms with Crippen molar-refractivity contribution in [1.82, 2.24) is 4.57 Å². The lowest BCUT2D eigenvalue weighted by Crippen LogP contribution is -2.29. The van der Waals surface area contributed by atoms with Crippen LogP contribution in [0.5, 0.6) is 11.5 Å². The fourth-order valence-corrected chi connectivity index (χ4v) is 3.28. The van der Waals surface area contributed by atoms with Crippen molar-refractivity contribution >= 4 is 29.3 Å². The van der Waals surface area contributed by atoms with E-state index in [0.717, 1.165) is 0 Å². The lowest BCUT2D eigenvalue weighted by Gasteiger charge is -2.03. The number of hydrogen-bond donors (Lipinski definition) is 1. The molecule has 3 aromatic rings. The molecule has 1 aromatic carbocycles. The molecule has 2 heterocycles. The monoisotopic (exact) mass is 357 g/mol. The number of ether oxygens (including phenoxy) is 1. The van der Waals surface area contributed by atoms with E-state index in [1.807, 2.05) is 0 Å². The highest BCUT2D eigenvalue weighted by Crippen LogP contribution is 2.26. The van der Waals surface area contributed by atoms with Crippen molar-refractivity contribution in [3.63, 3.8) is 0 Å².